The predicted octanol–water partition coefficient (Wildman–Crippen LogP) is 2.13. The van der Waals surface area contributed by atoms with Crippen LogP contribution in [0.15, 0.2) is 30.3 Å². The highest BCUT2D eigenvalue weighted by Crippen LogP contribution is 2.13. The number of hydrogen-bond acceptors (Lipinski definition) is 2. The third-order valence-electron chi connectivity index (χ3n) is 3.73. The molecule has 1 aliphatic rings. The second-order valence-corrected chi connectivity index (χ2v) is 5.26. The van der Waals surface area contributed by atoms with Gasteiger partial charge in [-0.2, -0.15) is 0 Å². The van der Waals surface area contributed by atoms with E-state index in [9.17, 15) is 4.79 Å². The minimum absolute atomic E-state index is 0.215. The van der Waals surface area contributed by atoms with Crippen molar-refractivity contribution in [3.8, 4) is 0 Å². The van der Waals surface area contributed by atoms with Gasteiger partial charge in [-0.15, -0.1) is 0 Å². The van der Waals surface area contributed by atoms with Crippen LogP contribution in [0.1, 0.15) is 31.2 Å². The zero-order valence-electron chi connectivity index (χ0n) is 11.5. The first-order valence-electron chi connectivity index (χ1n) is 7.38. The molecule has 1 aliphatic heterocycles. The lowest BCUT2D eigenvalue weighted by Crippen LogP contribution is -2.32. The maximum Gasteiger partial charge on any atom is 0.223 e. The number of amides is 1. The molecule has 0 saturated carbocycles. The molecule has 3 nitrogen and oxygen atoms in total. The number of nitrogens with one attached hydrogen (secondary N) is 2. The van der Waals surface area contributed by atoms with Crippen molar-refractivity contribution in [3.05, 3.63) is 35.9 Å². The summed E-state index contributed by atoms with van der Waals surface area (Å²) in [5.41, 5.74) is 1.34. The molecule has 1 heterocycles. The first-order valence-corrected chi connectivity index (χ1v) is 7.38. The zero-order chi connectivity index (χ0) is 13.3. The standard InChI is InChI=1S/C16H24N2O/c19-16(15-9-5-11-17-13-10-15)18-12-4-8-14-6-2-1-3-7-14/h1-3,6-7,15,17H,4-5,8-13H2,(H,18,19)/t15-/m1/s1. The van der Waals surface area contributed by atoms with Crippen molar-refractivity contribution in [2.75, 3.05) is 19.6 Å². The van der Waals surface area contributed by atoms with E-state index in [0.29, 0.717) is 0 Å². The third-order valence-corrected chi connectivity index (χ3v) is 3.73. The van der Waals surface area contributed by atoms with E-state index in [2.05, 4.69) is 34.9 Å². The lowest BCUT2D eigenvalue weighted by atomic mass is 10.00. The van der Waals surface area contributed by atoms with Gasteiger partial charge in [0.05, 0.1) is 0 Å². The van der Waals surface area contributed by atoms with Crippen molar-refractivity contribution in [2.24, 2.45) is 5.92 Å². The topological polar surface area (TPSA) is 41.1 Å². The smallest absolute Gasteiger partial charge is 0.223 e. The number of aryl methyl sites for hydroxylation is 1. The van der Waals surface area contributed by atoms with Crippen LogP contribution in [-0.4, -0.2) is 25.5 Å². The van der Waals surface area contributed by atoms with E-state index in [1.54, 1.807) is 0 Å². The number of carbonyl (C=O) groups is 1. The van der Waals surface area contributed by atoms with Gasteiger partial charge in [0.2, 0.25) is 5.91 Å². The summed E-state index contributed by atoms with van der Waals surface area (Å²) in [6.07, 6.45) is 5.16. The van der Waals surface area contributed by atoms with Gasteiger partial charge in [0.1, 0.15) is 0 Å². The van der Waals surface area contributed by atoms with Crippen LogP contribution >= 0.6 is 0 Å². The fraction of sp³-hybridized carbons (Fsp3) is 0.562. The molecule has 1 fully saturated rings. The van der Waals surface area contributed by atoms with Crippen molar-refractivity contribution >= 4 is 5.91 Å². The first-order chi connectivity index (χ1) is 9.36. The van der Waals surface area contributed by atoms with Gasteiger partial charge in [0.25, 0.3) is 0 Å². The highest BCUT2D eigenvalue weighted by atomic mass is 16.1. The molecule has 3 heteroatoms. The molecular formula is C16H24N2O. The SMILES string of the molecule is O=C(NCCCc1ccccc1)[C@@H]1CCCNCC1. The van der Waals surface area contributed by atoms with Crippen molar-refractivity contribution in [1.29, 1.82) is 0 Å². The van der Waals surface area contributed by atoms with Gasteiger partial charge in [0.15, 0.2) is 0 Å². The van der Waals surface area contributed by atoms with E-state index in [-0.39, 0.29) is 11.8 Å². The molecule has 0 aromatic heterocycles. The maximum absolute atomic E-state index is 12.0. The highest BCUT2D eigenvalue weighted by molar-refractivity contribution is 5.78. The van der Waals surface area contributed by atoms with Crippen LogP contribution < -0.4 is 10.6 Å². The van der Waals surface area contributed by atoms with Crippen LogP contribution in [0.5, 0.6) is 0 Å². The molecule has 19 heavy (non-hydrogen) atoms. The Morgan fingerprint density at radius 2 is 2.05 bits per heavy atom. The molecule has 1 atom stereocenters. The lowest BCUT2D eigenvalue weighted by Gasteiger charge is -2.13. The predicted molar refractivity (Wildman–Crippen MR) is 78.0 cm³/mol. The minimum Gasteiger partial charge on any atom is -0.356 e. The number of hydrogen-bond donors (Lipinski definition) is 2. The molecule has 0 bridgehead atoms. The molecule has 104 valence electrons. The van der Waals surface area contributed by atoms with Crippen LogP contribution in [0.4, 0.5) is 0 Å². The quantitative estimate of drug-likeness (QED) is 0.796. The van der Waals surface area contributed by atoms with Crippen molar-refractivity contribution in [1.82, 2.24) is 10.6 Å². The fourth-order valence-corrected chi connectivity index (χ4v) is 2.57. The van der Waals surface area contributed by atoms with E-state index in [4.69, 9.17) is 0 Å². The summed E-state index contributed by atoms with van der Waals surface area (Å²) < 4.78 is 0. The zero-order valence-corrected chi connectivity index (χ0v) is 11.5. The van der Waals surface area contributed by atoms with E-state index >= 15 is 0 Å². The summed E-state index contributed by atoms with van der Waals surface area (Å²) in [7, 11) is 0. The summed E-state index contributed by atoms with van der Waals surface area (Å²) in [6, 6.07) is 10.4. The Morgan fingerprint density at radius 3 is 2.89 bits per heavy atom. The molecule has 0 unspecified atom stereocenters. The van der Waals surface area contributed by atoms with Crippen molar-refractivity contribution < 1.29 is 4.79 Å². The lowest BCUT2D eigenvalue weighted by molar-refractivity contribution is -0.125. The molecule has 0 spiro atoms. The molecule has 1 aromatic carbocycles. The molecule has 2 N–H and O–H groups in total. The maximum atomic E-state index is 12.0. The Bertz CT molecular complexity index is 370. The molecule has 1 saturated heterocycles. The molecule has 0 aliphatic carbocycles. The largest absolute Gasteiger partial charge is 0.356 e. The average Bonchev–Trinajstić information content (AvgIpc) is 2.73. The molecular weight excluding hydrogens is 236 g/mol. The van der Waals surface area contributed by atoms with Crippen LogP contribution in [-0.2, 0) is 11.2 Å². The summed E-state index contributed by atoms with van der Waals surface area (Å²) in [5, 5.41) is 6.42. The van der Waals surface area contributed by atoms with E-state index < -0.39 is 0 Å². The molecule has 1 amide bonds. The second kappa shape index (κ2) is 7.95. The number of rotatable bonds is 5. The van der Waals surface area contributed by atoms with Gasteiger partial charge in [0, 0.05) is 12.5 Å². The van der Waals surface area contributed by atoms with Crippen LogP contribution in [0, 0.1) is 5.92 Å². The minimum atomic E-state index is 0.215. The van der Waals surface area contributed by atoms with E-state index in [1.165, 1.54) is 5.56 Å². The van der Waals surface area contributed by atoms with E-state index in [1.807, 2.05) is 6.07 Å². The molecule has 0 radical (unpaired) electrons. The summed E-state index contributed by atoms with van der Waals surface area (Å²) in [4.78, 5) is 12.0. The number of carbonyl (C=O) groups excluding carboxylic acids is 1. The van der Waals surface area contributed by atoms with E-state index in [0.717, 1.165) is 51.7 Å². The van der Waals surface area contributed by atoms with Gasteiger partial charge in [-0.1, -0.05) is 30.3 Å². The van der Waals surface area contributed by atoms with Gasteiger partial charge < -0.3 is 10.6 Å². The Kier molecular flexibility index (Phi) is 5.89. The Labute approximate surface area is 115 Å². The summed E-state index contributed by atoms with van der Waals surface area (Å²) >= 11 is 0. The van der Waals surface area contributed by atoms with Crippen LogP contribution in [0.2, 0.25) is 0 Å². The normalized spacial score (nSPS) is 19.7. The second-order valence-electron chi connectivity index (χ2n) is 5.26. The molecule has 2 rings (SSSR count). The van der Waals surface area contributed by atoms with Crippen LogP contribution in [0.3, 0.4) is 0 Å². The van der Waals surface area contributed by atoms with Gasteiger partial charge >= 0.3 is 0 Å². The molecule has 1 aromatic rings. The Morgan fingerprint density at radius 1 is 1.21 bits per heavy atom. The van der Waals surface area contributed by atoms with Crippen molar-refractivity contribution in [2.45, 2.75) is 32.1 Å². The van der Waals surface area contributed by atoms with Crippen molar-refractivity contribution in [3.63, 3.8) is 0 Å². The average molecular weight is 260 g/mol. The Hall–Kier alpha value is -1.35. The fourth-order valence-electron chi connectivity index (χ4n) is 2.57. The highest BCUT2D eigenvalue weighted by Gasteiger charge is 2.18. The summed E-state index contributed by atoms with van der Waals surface area (Å²) in [6.45, 7) is 2.82. The summed E-state index contributed by atoms with van der Waals surface area (Å²) in [5.74, 6) is 0.462. The Balaban J connectivity index is 1.63. The first kappa shape index (κ1) is 14.1. The van der Waals surface area contributed by atoms with Gasteiger partial charge in [-0.25, -0.2) is 0 Å². The third kappa shape index (κ3) is 5.03. The van der Waals surface area contributed by atoms with Crippen LogP contribution in [0.25, 0.3) is 0 Å². The van der Waals surface area contributed by atoms with Gasteiger partial charge in [-0.05, 0) is 50.8 Å². The van der Waals surface area contributed by atoms with Gasteiger partial charge in [-0.3, -0.25) is 4.79 Å². The monoisotopic (exact) mass is 260 g/mol. The number of benzene rings is 1.